The fraction of sp³-hybridized carbons (Fsp3) is 0.417. The largest absolute Gasteiger partial charge is 0.373 e. The Morgan fingerprint density at radius 1 is 1.10 bits per heavy atom. The van der Waals surface area contributed by atoms with Crippen molar-refractivity contribution in [1.82, 2.24) is 10.6 Å². The van der Waals surface area contributed by atoms with Crippen LogP contribution in [0.1, 0.15) is 37.0 Å². The number of para-hydroxylation sites is 1. The number of benzene rings is 2. The van der Waals surface area contributed by atoms with Crippen LogP contribution in [-0.2, 0) is 9.53 Å². The summed E-state index contributed by atoms with van der Waals surface area (Å²) in [5.74, 6) is 0.856. The fourth-order valence-electron chi connectivity index (χ4n) is 3.62. The molecule has 2 aromatic carbocycles. The van der Waals surface area contributed by atoms with Crippen LogP contribution in [0.25, 0.3) is 0 Å². The summed E-state index contributed by atoms with van der Waals surface area (Å²) in [6.07, 6.45) is 2.23. The number of anilines is 1. The molecule has 1 aliphatic rings. The Balaban J connectivity index is 0.00000341. The van der Waals surface area contributed by atoms with Crippen molar-refractivity contribution in [3.8, 4) is 0 Å². The van der Waals surface area contributed by atoms with Crippen LogP contribution in [0.5, 0.6) is 0 Å². The minimum absolute atomic E-state index is 0. The third-order valence-electron chi connectivity index (χ3n) is 5.16. The van der Waals surface area contributed by atoms with E-state index in [4.69, 9.17) is 4.74 Å². The number of guanidine groups is 1. The molecule has 0 radical (unpaired) electrons. The molecule has 31 heavy (non-hydrogen) atoms. The van der Waals surface area contributed by atoms with Gasteiger partial charge in [-0.15, -0.1) is 24.0 Å². The first-order valence-electron chi connectivity index (χ1n) is 10.7. The molecule has 0 aromatic heterocycles. The zero-order valence-corrected chi connectivity index (χ0v) is 20.6. The number of aryl methyl sites for hydroxylation is 1. The summed E-state index contributed by atoms with van der Waals surface area (Å²) in [5, 5.41) is 9.48. The predicted octanol–water partition coefficient (Wildman–Crippen LogP) is 4.27. The first-order valence-corrected chi connectivity index (χ1v) is 10.7. The van der Waals surface area contributed by atoms with Gasteiger partial charge in [-0.3, -0.25) is 4.79 Å². The van der Waals surface area contributed by atoms with Gasteiger partial charge in [0.15, 0.2) is 5.96 Å². The van der Waals surface area contributed by atoms with E-state index in [1.54, 1.807) is 0 Å². The molecule has 1 fully saturated rings. The number of nitrogens with one attached hydrogen (secondary N) is 3. The van der Waals surface area contributed by atoms with E-state index in [-0.39, 0.29) is 42.5 Å². The van der Waals surface area contributed by atoms with E-state index in [9.17, 15) is 4.79 Å². The van der Waals surface area contributed by atoms with Crippen LogP contribution in [0.4, 0.5) is 5.69 Å². The van der Waals surface area contributed by atoms with Crippen molar-refractivity contribution in [2.75, 3.05) is 31.6 Å². The molecular weight excluding hydrogens is 503 g/mol. The number of carbonyl (C=O) groups is 1. The highest BCUT2D eigenvalue weighted by Gasteiger charge is 2.27. The molecule has 3 rings (SSSR count). The Hall–Kier alpha value is -2.13. The van der Waals surface area contributed by atoms with Gasteiger partial charge in [0.2, 0.25) is 5.91 Å². The third kappa shape index (κ3) is 8.14. The highest BCUT2D eigenvalue weighted by atomic mass is 127. The lowest BCUT2D eigenvalue weighted by atomic mass is 9.89. The maximum atomic E-state index is 12.2. The smallest absolute Gasteiger partial charge is 0.246 e. The van der Waals surface area contributed by atoms with E-state index in [2.05, 4.69) is 52.1 Å². The average Bonchev–Trinajstić information content (AvgIpc) is 2.77. The second-order valence-corrected chi connectivity index (χ2v) is 7.59. The van der Waals surface area contributed by atoms with Crippen molar-refractivity contribution in [3.63, 3.8) is 0 Å². The van der Waals surface area contributed by atoms with E-state index in [0.29, 0.717) is 11.9 Å². The zero-order valence-electron chi connectivity index (χ0n) is 18.3. The number of nitrogens with zero attached hydrogens (tertiary/aromatic N) is 1. The zero-order chi connectivity index (χ0) is 21.2. The van der Waals surface area contributed by atoms with Gasteiger partial charge in [0, 0.05) is 31.3 Å². The van der Waals surface area contributed by atoms with Gasteiger partial charge in [0.05, 0.1) is 6.10 Å². The van der Waals surface area contributed by atoms with Gasteiger partial charge in [-0.2, -0.15) is 0 Å². The lowest BCUT2D eigenvalue weighted by Crippen LogP contribution is -2.42. The molecule has 1 saturated heterocycles. The predicted molar refractivity (Wildman–Crippen MR) is 137 cm³/mol. The Morgan fingerprint density at radius 3 is 2.55 bits per heavy atom. The summed E-state index contributed by atoms with van der Waals surface area (Å²) in [6.45, 7) is 6.44. The number of carbonyl (C=O) groups excluding carboxylic acids is 1. The minimum atomic E-state index is -0.142. The van der Waals surface area contributed by atoms with Crippen molar-refractivity contribution in [2.45, 2.75) is 32.8 Å². The second kappa shape index (κ2) is 13.3. The van der Waals surface area contributed by atoms with Crippen molar-refractivity contribution in [2.24, 2.45) is 10.9 Å². The van der Waals surface area contributed by atoms with Crippen molar-refractivity contribution < 1.29 is 9.53 Å². The molecule has 0 aliphatic carbocycles. The number of halogens is 1. The Morgan fingerprint density at radius 2 is 1.84 bits per heavy atom. The SMILES string of the molecule is CCNC(=NCC(=O)Nc1ccccc1)NCC1CCCOC1c1ccc(C)cc1.I. The van der Waals surface area contributed by atoms with Gasteiger partial charge in [0.1, 0.15) is 6.54 Å². The minimum Gasteiger partial charge on any atom is -0.373 e. The van der Waals surface area contributed by atoms with Crippen LogP contribution < -0.4 is 16.0 Å². The highest BCUT2D eigenvalue weighted by Crippen LogP contribution is 2.33. The van der Waals surface area contributed by atoms with Crippen LogP contribution in [0, 0.1) is 12.8 Å². The number of rotatable bonds is 7. The summed E-state index contributed by atoms with van der Waals surface area (Å²) in [5.41, 5.74) is 3.24. The summed E-state index contributed by atoms with van der Waals surface area (Å²) in [4.78, 5) is 16.6. The lowest BCUT2D eigenvalue weighted by molar-refractivity contribution is -0.114. The van der Waals surface area contributed by atoms with Crippen LogP contribution >= 0.6 is 24.0 Å². The molecule has 168 valence electrons. The normalized spacial score (nSPS) is 18.6. The first kappa shape index (κ1) is 25.1. The molecule has 2 aromatic rings. The molecule has 2 unspecified atom stereocenters. The number of hydrogen-bond donors (Lipinski definition) is 3. The first-order chi connectivity index (χ1) is 14.7. The van der Waals surface area contributed by atoms with Crippen LogP contribution in [0.3, 0.4) is 0 Å². The standard InChI is InChI=1S/C24H32N4O2.HI/c1-3-25-24(27-17-22(29)28-21-9-5-4-6-10-21)26-16-20-8-7-15-30-23(20)19-13-11-18(2)12-14-19;/h4-6,9-14,20,23H,3,7-8,15-17H2,1-2H3,(H,28,29)(H2,25,26,27);1H. The second-order valence-electron chi connectivity index (χ2n) is 7.59. The van der Waals surface area contributed by atoms with Gasteiger partial charge >= 0.3 is 0 Å². The monoisotopic (exact) mass is 536 g/mol. The van der Waals surface area contributed by atoms with Crippen molar-refractivity contribution in [1.29, 1.82) is 0 Å². The van der Waals surface area contributed by atoms with Gasteiger partial charge in [-0.25, -0.2) is 4.99 Å². The van der Waals surface area contributed by atoms with Crippen LogP contribution in [0.2, 0.25) is 0 Å². The van der Waals surface area contributed by atoms with Gasteiger partial charge in [0.25, 0.3) is 0 Å². The van der Waals surface area contributed by atoms with Crippen molar-refractivity contribution in [3.05, 3.63) is 65.7 Å². The molecular formula is C24H33IN4O2. The van der Waals surface area contributed by atoms with E-state index >= 15 is 0 Å². The quantitative estimate of drug-likeness (QED) is 0.281. The molecule has 1 amide bonds. The molecule has 0 spiro atoms. The molecule has 1 heterocycles. The Kier molecular flexibility index (Phi) is 10.8. The summed E-state index contributed by atoms with van der Waals surface area (Å²) in [6, 6.07) is 18.0. The van der Waals surface area contributed by atoms with Gasteiger partial charge in [-0.1, -0.05) is 48.0 Å². The molecule has 2 atom stereocenters. The molecule has 3 N–H and O–H groups in total. The van der Waals surface area contributed by atoms with E-state index in [1.165, 1.54) is 11.1 Å². The average molecular weight is 536 g/mol. The maximum absolute atomic E-state index is 12.2. The molecule has 7 heteroatoms. The maximum Gasteiger partial charge on any atom is 0.246 e. The molecule has 0 saturated carbocycles. The molecule has 6 nitrogen and oxygen atoms in total. The van der Waals surface area contributed by atoms with Crippen LogP contribution in [0.15, 0.2) is 59.6 Å². The highest BCUT2D eigenvalue weighted by molar-refractivity contribution is 14.0. The van der Waals surface area contributed by atoms with Gasteiger partial charge < -0.3 is 20.7 Å². The van der Waals surface area contributed by atoms with E-state index in [1.807, 2.05) is 37.3 Å². The van der Waals surface area contributed by atoms with E-state index in [0.717, 1.165) is 38.2 Å². The Bertz CT molecular complexity index is 827. The summed E-state index contributed by atoms with van der Waals surface area (Å²) >= 11 is 0. The number of aliphatic imine (C=N–C) groups is 1. The number of hydrogen-bond acceptors (Lipinski definition) is 3. The lowest BCUT2D eigenvalue weighted by Gasteiger charge is -2.32. The van der Waals surface area contributed by atoms with Crippen LogP contribution in [-0.4, -0.2) is 38.1 Å². The third-order valence-corrected chi connectivity index (χ3v) is 5.16. The number of ether oxygens (including phenoxy) is 1. The summed E-state index contributed by atoms with van der Waals surface area (Å²) < 4.78 is 6.11. The molecule has 1 aliphatic heterocycles. The Labute approximate surface area is 202 Å². The topological polar surface area (TPSA) is 74.8 Å². The van der Waals surface area contributed by atoms with Gasteiger partial charge in [-0.05, 0) is 44.4 Å². The number of amides is 1. The fourth-order valence-corrected chi connectivity index (χ4v) is 3.62. The molecule has 0 bridgehead atoms. The summed E-state index contributed by atoms with van der Waals surface area (Å²) in [7, 11) is 0. The van der Waals surface area contributed by atoms with E-state index < -0.39 is 0 Å². The van der Waals surface area contributed by atoms with Crippen molar-refractivity contribution >= 4 is 41.5 Å².